The van der Waals surface area contributed by atoms with Crippen LogP contribution < -0.4 is 14.8 Å². The Morgan fingerprint density at radius 3 is 2.80 bits per heavy atom. The largest absolute Gasteiger partial charge is 0.495 e. The van der Waals surface area contributed by atoms with Crippen molar-refractivity contribution in [1.29, 1.82) is 0 Å². The molecule has 0 radical (unpaired) electrons. The molecule has 1 unspecified atom stereocenters. The fourth-order valence-electron chi connectivity index (χ4n) is 2.59. The van der Waals surface area contributed by atoms with E-state index in [2.05, 4.69) is 21.2 Å². The van der Waals surface area contributed by atoms with Crippen molar-refractivity contribution in [2.24, 2.45) is 5.92 Å². The van der Waals surface area contributed by atoms with Crippen LogP contribution in [0.3, 0.4) is 0 Å². The molecular formula is C15H20BrNO3. The van der Waals surface area contributed by atoms with Crippen molar-refractivity contribution in [3.8, 4) is 11.5 Å². The third kappa shape index (κ3) is 3.33. The van der Waals surface area contributed by atoms with Gasteiger partial charge in [-0.3, -0.25) is 4.79 Å². The summed E-state index contributed by atoms with van der Waals surface area (Å²) >= 11 is 3.43. The molecule has 2 rings (SSSR count). The lowest BCUT2D eigenvalue weighted by molar-refractivity contribution is 0.0950. The molecule has 1 aliphatic rings. The normalized spacial score (nSPS) is 18.6. The van der Waals surface area contributed by atoms with Crippen LogP contribution in [-0.4, -0.2) is 33.1 Å². The number of benzene rings is 1. The third-order valence-electron chi connectivity index (χ3n) is 3.66. The van der Waals surface area contributed by atoms with E-state index < -0.39 is 0 Å². The van der Waals surface area contributed by atoms with Crippen LogP contribution in [0.15, 0.2) is 16.6 Å². The van der Waals surface area contributed by atoms with Crippen molar-refractivity contribution in [3.05, 3.63) is 22.2 Å². The summed E-state index contributed by atoms with van der Waals surface area (Å²) in [6.07, 6.45) is 2.81. The molecule has 0 bridgehead atoms. The molecule has 20 heavy (non-hydrogen) atoms. The lowest BCUT2D eigenvalue weighted by Gasteiger charge is -2.22. The molecule has 1 N–H and O–H groups in total. The second-order valence-corrected chi connectivity index (χ2v) is 5.80. The average molecular weight is 342 g/mol. The van der Waals surface area contributed by atoms with Gasteiger partial charge in [0, 0.05) is 6.42 Å². The van der Waals surface area contributed by atoms with Gasteiger partial charge in [0.05, 0.1) is 19.8 Å². The van der Waals surface area contributed by atoms with E-state index in [0.29, 0.717) is 33.9 Å². The predicted octanol–water partition coefficient (Wildman–Crippen LogP) is 3.04. The number of methoxy groups -OCH3 is 2. The number of hydrogen-bond acceptors (Lipinski definition) is 4. The minimum absolute atomic E-state index is 0.124. The molecule has 4 nitrogen and oxygen atoms in total. The molecule has 0 saturated carbocycles. The van der Waals surface area contributed by atoms with Crippen LogP contribution in [-0.2, 0) is 0 Å². The Morgan fingerprint density at radius 1 is 1.40 bits per heavy atom. The molecule has 0 spiro atoms. The van der Waals surface area contributed by atoms with Gasteiger partial charge in [-0.15, -0.1) is 0 Å². The van der Waals surface area contributed by atoms with Crippen molar-refractivity contribution in [1.82, 2.24) is 5.32 Å². The molecule has 1 aliphatic heterocycles. The highest BCUT2D eigenvalue weighted by molar-refractivity contribution is 9.10. The van der Waals surface area contributed by atoms with E-state index in [9.17, 15) is 4.79 Å². The molecule has 1 saturated heterocycles. The Kier molecular flexibility index (Phi) is 5.43. The molecular weight excluding hydrogens is 322 g/mol. The van der Waals surface area contributed by atoms with Crippen LogP contribution >= 0.6 is 15.9 Å². The summed E-state index contributed by atoms with van der Waals surface area (Å²) in [6, 6.07) is 3.57. The summed E-state index contributed by atoms with van der Waals surface area (Å²) in [4.78, 5) is 12.5. The maximum absolute atomic E-state index is 12.5. The number of hydrogen-bond donors (Lipinski definition) is 1. The summed E-state index contributed by atoms with van der Waals surface area (Å²) in [5.41, 5.74) is 0.616. The van der Waals surface area contributed by atoms with Crippen LogP contribution in [0.25, 0.3) is 0 Å². The Labute approximate surface area is 128 Å². The first-order chi connectivity index (χ1) is 9.67. The van der Waals surface area contributed by atoms with Gasteiger partial charge in [0.25, 0.3) is 0 Å². The topological polar surface area (TPSA) is 47.6 Å². The molecule has 110 valence electrons. The summed E-state index contributed by atoms with van der Waals surface area (Å²) in [6.45, 7) is 1.98. The maximum atomic E-state index is 12.5. The molecule has 1 aromatic rings. The zero-order valence-corrected chi connectivity index (χ0v) is 13.5. The van der Waals surface area contributed by atoms with Crippen molar-refractivity contribution in [2.75, 3.05) is 27.3 Å². The van der Waals surface area contributed by atoms with E-state index in [1.54, 1.807) is 26.4 Å². The van der Waals surface area contributed by atoms with E-state index in [1.807, 2.05) is 0 Å². The lowest BCUT2D eigenvalue weighted by Crippen LogP contribution is -2.31. The van der Waals surface area contributed by atoms with E-state index >= 15 is 0 Å². The molecule has 0 amide bonds. The number of Topliss-reactive ketones (excluding diaryl/α,β-unsaturated/α-hetero) is 1. The van der Waals surface area contributed by atoms with Gasteiger partial charge in [0.15, 0.2) is 5.78 Å². The molecule has 5 heteroatoms. The number of ether oxygens (including phenoxy) is 2. The number of halogens is 1. The van der Waals surface area contributed by atoms with Gasteiger partial charge in [-0.1, -0.05) is 0 Å². The second kappa shape index (κ2) is 7.09. The fraction of sp³-hybridized carbons (Fsp3) is 0.533. The molecule has 1 aromatic carbocycles. The number of ketones is 1. The number of carbonyl (C=O) groups excluding carboxylic acids is 1. The zero-order chi connectivity index (χ0) is 14.5. The smallest absolute Gasteiger partial charge is 0.166 e. The van der Waals surface area contributed by atoms with Gasteiger partial charge in [0.2, 0.25) is 0 Å². The molecule has 1 heterocycles. The minimum atomic E-state index is 0.124. The monoisotopic (exact) mass is 341 g/mol. The highest BCUT2D eigenvalue weighted by atomic mass is 79.9. The maximum Gasteiger partial charge on any atom is 0.166 e. The highest BCUT2D eigenvalue weighted by Gasteiger charge is 2.22. The van der Waals surface area contributed by atoms with Crippen LogP contribution in [0.2, 0.25) is 0 Å². The van der Waals surface area contributed by atoms with Crippen LogP contribution in [0.1, 0.15) is 29.6 Å². The van der Waals surface area contributed by atoms with Gasteiger partial charge in [-0.2, -0.15) is 0 Å². The number of piperidine rings is 1. The van der Waals surface area contributed by atoms with E-state index in [0.717, 1.165) is 25.9 Å². The Bertz CT molecular complexity index is 484. The third-order valence-corrected chi connectivity index (χ3v) is 4.41. The van der Waals surface area contributed by atoms with Gasteiger partial charge in [-0.05, 0) is 59.9 Å². The molecule has 0 aromatic heterocycles. The first kappa shape index (κ1) is 15.3. The van der Waals surface area contributed by atoms with Crippen molar-refractivity contribution in [3.63, 3.8) is 0 Å². The van der Waals surface area contributed by atoms with Gasteiger partial charge in [0.1, 0.15) is 16.0 Å². The summed E-state index contributed by atoms with van der Waals surface area (Å²) < 4.78 is 11.3. The quantitative estimate of drug-likeness (QED) is 0.836. The Morgan fingerprint density at radius 2 is 2.20 bits per heavy atom. The average Bonchev–Trinajstić information content (AvgIpc) is 2.47. The first-order valence-corrected chi connectivity index (χ1v) is 7.61. The second-order valence-electron chi connectivity index (χ2n) is 5.00. The van der Waals surface area contributed by atoms with E-state index in [-0.39, 0.29) is 5.78 Å². The Balaban J connectivity index is 2.18. The predicted molar refractivity (Wildman–Crippen MR) is 81.8 cm³/mol. The summed E-state index contributed by atoms with van der Waals surface area (Å²) in [5, 5.41) is 3.34. The Hall–Kier alpha value is -1.07. The zero-order valence-electron chi connectivity index (χ0n) is 11.9. The number of rotatable bonds is 5. The fourth-order valence-corrected chi connectivity index (χ4v) is 3.25. The standard InChI is InChI=1S/C15H20BrNO3/c1-19-13-6-5-11(15(20-2)14(13)16)12(18)8-10-4-3-7-17-9-10/h5-6,10,17H,3-4,7-9H2,1-2H3. The van der Waals surface area contributed by atoms with E-state index in [4.69, 9.17) is 9.47 Å². The van der Waals surface area contributed by atoms with Crippen LogP contribution in [0.5, 0.6) is 11.5 Å². The van der Waals surface area contributed by atoms with Crippen LogP contribution in [0, 0.1) is 5.92 Å². The van der Waals surface area contributed by atoms with Gasteiger partial charge >= 0.3 is 0 Å². The van der Waals surface area contributed by atoms with Gasteiger partial charge in [-0.25, -0.2) is 0 Å². The summed E-state index contributed by atoms with van der Waals surface area (Å²) in [5.74, 6) is 1.76. The summed E-state index contributed by atoms with van der Waals surface area (Å²) in [7, 11) is 3.16. The van der Waals surface area contributed by atoms with Gasteiger partial charge < -0.3 is 14.8 Å². The minimum Gasteiger partial charge on any atom is -0.495 e. The molecule has 0 aliphatic carbocycles. The van der Waals surface area contributed by atoms with Crippen molar-refractivity contribution < 1.29 is 14.3 Å². The first-order valence-electron chi connectivity index (χ1n) is 6.81. The highest BCUT2D eigenvalue weighted by Crippen LogP contribution is 2.38. The van der Waals surface area contributed by atoms with Crippen LogP contribution in [0.4, 0.5) is 0 Å². The van der Waals surface area contributed by atoms with E-state index in [1.165, 1.54) is 0 Å². The molecule has 1 atom stereocenters. The SMILES string of the molecule is COc1ccc(C(=O)CC2CCCNC2)c(OC)c1Br. The van der Waals surface area contributed by atoms with Crippen molar-refractivity contribution >= 4 is 21.7 Å². The van der Waals surface area contributed by atoms with Crippen molar-refractivity contribution in [2.45, 2.75) is 19.3 Å². The number of nitrogens with one attached hydrogen (secondary N) is 1. The number of carbonyl (C=O) groups is 1. The lowest BCUT2D eigenvalue weighted by atomic mass is 9.91. The molecule has 1 fully saturated rings.